The summed E-state index contributed by atoms with van der Waals surface area (Å²) in [5.41, 5.74) is 3.15. The van der Waals surface area contributed by atoms with Gasteiger partial charge in [-0.3, -0.25) is 19.1 Å². The zero-order valence-corrected chi connectivity index (χ0v) is 26.4. The molecular weight excluding hydrogens is 584 g/mol. The number of aryl methyl sites for hydroxylation is 1. The van der Waals surface area contributed by atoms with Crippen molar-refractivity contribution < 1.29 is 24.1 Å². The van der Waals surface area contributed by atoms with Gasteiger partial charge in [0.2, 0.25) is 0 Å². The van der Waals surface area contributed by atoms with Crippen molar-refractivity contribution in [1.29, 1.82) is 0 Å². The fourth-order valence-corrected chi connectivity index (χ4v) is 6.15. The van der Waals surface area contributed by atoms with Gasteiger partial charge in [0.05, 0.1) is 60.8 Å². The first-order valence-electron chi connectivity index (χ1n) is 16.0. The molecule has 240 valence electrons. The number of hydrogen-bond donors (Lipinski definition) is 1. The number of benzene rings is 3. The van der Waals surface area contributed by atoms with Crippen molar-refractivity contribution in [2.24, 2.45) is 4.99 Å². The number of unbranched alkanes of at least 4 members (excludes halogenated alkanes) is 4. The number of amides is 1. The molecule has 10 nitrogen and oxygen atoms in total. The first kappa shape index (κ1) is 31.3. The minimum atomic E-state index is -0.156. The molecule has 10 heteroatoms. The van der Waals surface area contributed by atoms with E-state index in [4.69, 9.17) is 14.2 Å². The Morgan fingerprint density at radius 1 is 0.913 bits per heavy atom. The maximum absolute atomic E-state index is 13.4. The largest absolute Gasteiger partial charge is 0.494 e. The lowest BCUT2D eigenvalue weighted by Gasteiger charge is -2.20. The van der Waals surface area contributed by atoms with Crippen LogP contribution in [0.5, 0.6) is 17.2 Å². The second-order valence-corrected chi connectivity index (χ2v) is 11.8. The molecule has 2 aliphatic heterocycles. The van der Waals surface area contributed by atoms with Gasteiger partial charge in [0.15, 0.2) is 11.5 Å². The molecule has 3 heterocycles. The standard InChI is InChI=1S/C36H40N4O6/c1-24-38-31-15-14-28(19-29(31)36(43)40(24)26-12-10-25(23-41)11-13-26)45-17-6-4-3-5-7-18-46-34-21-32-30(20-33(34)44-2)35(42)39-16-8-9-27(39)22-37-32/h10-15,19-22,27,41H,3-9,16-18,23H2,1-2H3/t27-/m0/s1. The number of aromatic nitrogens is 2. The fourth-order valence-electron chi connectivity index (χ4n) is 6.15. The van der Waals surface area contributed by atoms with Crippen molar-refractivity contribution in [1.82, 2.24) is 14.5 Å². The summed E-state index contributed by atoms with van der Waals surface area (Å²) in [6.07, 6.45) is 8.69. The molecule has 0 aliphatic carbocycles. The van der Waals surface area contributed by atoms with Crippen LogP contribution in [0.25, 0.3) is 16.6 Å². The third-order valence-electron chi connectivity index (χ3n) is 8.66. The third-order valence-corrected chi connectivity index (χ3v) is 8.66. The number of fused-ring (bicyclic) bond motifs is 3. The van der Waals surface area contributed by atoms with Crippen LogP contribution in [0.3, 0.4) is 0 Å². The van der Waals surface area contributed by atoms with Gasteiger partial charge in [-0.15, -0.1) is 0 Å². The van der Waals surface area contributed by atoms with Crippen LogP contribution in [0.4, 0.5) is 5.69 Å². The maximum atomic E-state index is 13.4. The summed E-state index contributed by atoms with van der Waals surface area (Å²) in [4.78, 5) is 37.6. The molecule has 2 aliphatic rings. The van der Waals surface area contributed by atoms with Crippen LogP contribution >= 0.6 is 0 Å². The lowest BCUT2D eigenvalue weighted by Crippen LogP contribution is -2.35. The van der Waals surface area contributed by atoms with Gasteiger partial charge in [-0.1, -0.05) is 31.4 Å². The molecule has 0 bridgehead atoms. The molecule has 1 amide bonds. The molecule has 3 aromatic carbocycles. The highest BCUT2D eigenvalue weighted by Crippen LogP contribution is 2.38. The Labute approximate surface area is 268 Å². The Kier molecular flexibility index (Phi) is 9.63. The van der Waals surface area contributed by atoms with E-state index in [1.165, 1.54) is 0 Å². The van der Waals surface area contributed by atoms with E-state index >= 15 is 0 Å². The third kappa shape index (κ3) is 6.62. The van der Waals surface area contributed by atoms with Gasteiger partial charge in [-0.2, -0.15) is 0 Å². The van der Waals surface area contributed by atoms with Crippen LogP contribution in [0, 0.1) is 6.92 Å². The summed E-state index contributed by atoms with van der Waals surface area (Å²) in [6.45, 7) is 3.62. The van der Waals surface area contributed by atoms with Gasteiger partial charge in [0, 0.05) is 18.8 Å². The lowest BCUT2D eigenvalue weighted by atomic mass is 10.1. The number of nitrogens with zero attached hydrogens (tertiary/aromatic N) is 4. The van der Waals surface area contributed by atoms with Crippen LogP contribution in [0.2, 0.25) is 0 Å². The first-order valence-corrected chi connectivity index (χ1v) is 16.0. The predicted octanol–water partition coefficient (Wildman–Crippen LogP) is 5.92. The summed E-state index contributed by atoms with van der Waals surface area (Å²) < 4.78 is 19.2. The van der Waals surface area contributed by atoms with E-state index in [2.05, 4.69) is 9.98 Å². The average molecular weight is 625 g/mol. The summed E-state index contributed by atoms with van der Waals surface area (Å²) in [6, 6.07) is 16.3. The molecule has 0 spiro atoms. The molecule has 0 saturated carbocycles. The van der Waals surface area contributed by atoms with E-state index in [9.17, 15) is 14.7 Å². The molecule has 1 aromatic heterocycles. The second-order valence-electron chi connectivity index (χ2n) is 11.8. The van der Waals surface area contributed by atoms with Gasteiger partial charge in [0.25, 0.3) is 11.5 Å². The van der Waals surface area contributed by atoms with Gasteiger partial charge in [-0.05, 0) is 74.6 Å². The highest BCUT2D eigenvalue weighted by Gasteiger charge is 2.32. The number of aliphatic hydroxyl groups is 1. The number of aliphatic imine (C=N–C) groups is 1. The summed E-state index contributed by atoms with van der Waals surface area (Å²) >= 11 is 0. The summed E-state index contributed by atoms with van der Waals surface area (Å²) in [5.74, 6) is 2.39. The van der Waals surface area contributed by atoms with Crippen molar-refractivity contribution >= 4 is 28.7 Å². The highest BCUT2D eigenvalue weighted by molar-refractivity contribution is 6.03. The van der Waals surface area contributed by atoms with Gasteiger partial charge < -0.3 is 24.2 Å². The van der Waals surface area contributed by atoms with Crippen LogP contribution in [-0.2, 0) is 6.61 Å². The van der Waals surface area contributed by atoms with Crippen LogP contribution in [-0.4, -0.2) is 64.6 Å². The van der Waals surface area contributed by atoms with E-state index in [0.717, 1.165) is 57.1 Å². The molecule has 0 unspecified atom stereocenters. The number of methoxy groups -OCH3 is 1. The fraction of sp³-hybridized carbons (Fsp3) is 0.389. The molecule has 0 radical (unpaired) electrons. The van der Waals surface area contributed by atoms with E-state index in [1.54, 1.807) is 35.9 Å². The van der Waals surface area contributed by atoms with Crippen LogP contribution < -0.4 is 19.8 Å². The van der Waals surface area contributed by atoms with Gasteiger partial charge >= 0.3 is 0 Å². The zero-order valence-electron chi connectivity index (χ0n) is 26.4. The maximum Gasteiger partial charge on any atom is 0.266 e. The van der Waals surface area contributed by atoms with Crippen molar-refractivity contribution in [3.05, 3.63) is 81.9 Å². The normalized spacial score (nSPS) is 15.5. The van der Waals surface area contributed by atoms with Gasteiger partial charge in [-0.25, -0.2) is 4.98 Å². The van der Waals surface area contributed by atoms with Gasteiger partial charge in [0.1, 0.15) is 11.6 Å². The molecule has 6 rings (SSSR count). The van der Waals surface area contributed by atoms with Crippen molar-refractivity contribution in [2.45, 2.75) is 64.5 Å². The molecule has 46 heavy (non-hydrogen) atoms. The lowest BCUT2D eigenvalue weighted by molar-refractivity contribution is 0.0774. The highest BCUT2D eigenvalue weighted by atomic mass is 16.5. The minimum Gasteiger partial charge on any atom is -0.494 e. The average Bonchev–Trinajstić information content (AvgIpc) is 3.51. The predicted molar refractivity (Wildman–Crippen MR) is 177 cm³/mol. The van der Waals surface area contributed by atoms with Crippen molar-refractivity contribution in [2.75, 3.05) is 26.9 Å². The molecular formula is C36H40N4O6. The number of aliphatic hydroxyl groups excluding tert-OH is 1. The Morgan fingerprint density at radius 3 is 2.43 bits per heavy atom. The van der Waals surface area contributed by atoms with E-state index in [0.29, 0.717) is 64.1 Å². The molecule has 1 atom stereocenters. The Morgan fingerprint density at radius 2 is 1.67 bits per heavy atom. The topological polar surface area (TPSA) is 115 Å². The Balaban J connectivity index is 0.960. The number of carbonyl (C=O) groups excluding carboxylic acids is 1. The molecule has 1 N–H and O–H groups in total. The monoisotopic (exact) mass is 624 g/mol. The number of ether oxygens (including phenoxy) is 3. The summed E-state index contributed by atoms with van der Waals surface area (Å²) in [7, 11) is 1.59. The van der Waals surface area contributed by atoms with E-state index in [1.807, 2.05) is 48.4 Å². The van der Waals surface area contributed by atoms with E-state index in [-0.39, 0.29) is 24.1 Å². The summed E-state index contributed by atoms with van der Waals surface area (Å²) in [5, 5.41) is 9.83. The Hall–Kier alpha value is -4.70. The number of rotatable bonds is 13. The smallest absolute Gasteiger partial charge is 0.266 e. The van der Waals surface area contributed by atoms with Crippen molar-refractivity contribution in [3.8, 4) is 22.9 Å². The molecule has 4 aromatic rings. The number of hydrogen-bond acceptors (Lipinski definition) is 8. The zero-order chi connectivity index (χ0) is 32.0. The Bertz CT molecular complexity index is 1800. The van der Waals surface area contributed by atoms with Crippen LogP contribution in [0.15, 0.2) is 64.4 Å². The second kappa shape index (κ2) is 14.2. The van der Waals surface area contributed by atoms with E-state index < -0.39 is 0 Å². The van der Waals surface area contributed by atoms with Crippen molar-refractivity contribution in [3.63, 3.8) is 0 Å². The van der Waals surface area contributed by atoms with Crippen LogP contribution in [0.1, 0.15) is 66.7 Å². The molecule has 1 saturated heterocycles. The quantitative estimate of drug-likeness (QED) is 0.184. The minimum absolute atomic E-state index is 0.00129. The molecule has 1 fully saturated rings. The SMILES string of the molecule is COc1cc2c(cc1OCCCCCCCOc1ccc3nc(C)n(-c4ccc(CO)cc4)c(=O)c3c1)N=C[C@@H]1CCCN1C2=O. The first-order chi connectivity index (χ1) is 22.5. The number of carbonyl (C=O) groups is 1.